The number of rotatable bonds is 8. The van der Waals surface area contributed by atoms with E-state index in [9.17, 15) is 4.79 Å². The summed E-state index contributed by atoms with van der Waals surface area (Å²) in [4.78, 5) is 15.6. The lowest BCUT2D eigenvalue weighted by Crippen LogP contribution is -2.11. The van der Waals surface area contributed by atoms with Crippen LogP contribution in [0.4, 0.5) is 5.82 Å². The lowest BCUT2D eigenvalue weighted by molar-refractivity contribution is -0.116. The molecule has 1 aromatic heterocycles. The molecular weight excluding hydrogens is 248 g/mol. The highest BCUT2D eigenvalue weighted by Crippen LogP contribution is 2.14. The van der Waals surface area contributed by atoms with Crippen molar-refractivity contribution in [3.63, 3.8) is 0 Å². The standard InChI is InChI=1S/C13H18N2O2S/c1-2-3-4-13(17)15-12-9-11(5-6-14-12)10-18-8-7-16/h2,5-6,9,16H,1,3-4,7-8,10H2,(H,14,15,17). The smallest absolute Gasteiger partial charge is 0.225 e. The Balaban J connectivity index is 2.48. The Labute approximate surface area is 112 Å². The second-order valence-electron chi connectivity index (χ2n) is 3.70. The summed E-state index contributed by atoms with van der Waals surface area (Å²) in [5.41, 5.74) is 1.09. The summed E-state index contributed by atoms with van der Waals surface area (Å²) in [6.45, 7) is 3.76. The highest BCUT2D eigenvalue weighted by atomic mass is 32.2. The summed E-state index contributed by atoms with van der Waals surface area (Å²) in [6, 6.07) is 3.76. The van der Waals surface area contributed by atoms with Crippen molar-refractivity contribution in [2.24, 2.45) is 0 Å². The Morgan fingerprint density at radius 2 is 2.44 bits per heavy atom. The van der Waals surface area contributed by atoms with Crippen LogP contribution in [-0.2, 0) is 10.5 Å². The van der Waals surface area contributed by atoms with Crippen molar-refractivity contribution < 1.29 is 9.90 Å². The van der Waals surface area contributed by atoms with E-state index in [1.807, 2.05) is 12.1 Å². The third-order valence-electron chi connectivity index (χ3n) is 2.17. The normalized spacial score (nSPS) is 10.1. The van der Waals surface area contributed by atoms with Gasteiger partial charge in [0.1, 0.15) is 5.82 Å². The summed E-state index contributed by atoms with van der Waals surface area (Å²) in [5.74, 6) is 2.04. The average Bonchev–Trinajstić information content (AvgIpc) is 2.37. The van der Waals surface area contributed by atoms with Gasteiger partial charge in [0.15, 0.2) is 0 Å². The number of nitrogens with one attached hydrogen (secondary N) is 1. The maximum absolute atomic E-state index is 11.5. The first-order chi connectivity index (χ1) is 8.76. The van der Waals surface area contributed by atoms with Crippen molar-refractivity contribution in [2.75, 3.05) is 17.7 Å². The highest BCUT2D eigenvalue weighted by molar-refractivity contribution is 7.98. The number of anilines is 1. The fraction of sp³-hybridized carbons (Fsp3) is 0.385. The molecule has 0 aliphatic carbocycles. The number of hydrogen-bond donors (Lipinski definition) is 2. The third-order valence-corrected chi connectivity index (χ3v) is 3.18. The van der Waals surface area contributed by atoms with Gasteiger partial charge >= 0.3 is 0 Å². The molecule has 0 unspecified atom stereocenters. The van der Waals surface area contributed by atoms with E-state index in [-0.39, 0.29) is 12.5 Å². The summed E-state index contributed by atoms with van der Waals surface area (Å²) in [6.07, 6.45) is 4.49. The van der Waals surface area contributed by atoms with Gasteiger partial charge in [-0.15, -0.1) is 6.58 Å². The van der Waals surface area contributed by atoms with Gasteiger partial charge in [0, 0.05) is 24.1 Å². The molecule has 0 radical (unpaired) electrons. The molecule has 1 rings (SSSR count). The van der Waals surface area contributed by atoms with Gasteiger partial charge in [0.2, 0.25) is 5.91 Å². The van der Waals surface area contributed by atoms with E-state index in [0.29, 0.717) is 24.4 Å². The van der Waals surface area contributed by atoms with Crippen LogP contribution in [0.15, 0.2) is 31.0 Å². The van der Waals surface area contributed by atoms with Gasteiger partial charge in [-0.3, -0.25) is 4.79 Å². The van der Waals surface area contributed by atoms with Crippen LogP contribution in [0.3, 0.4) is 0 Å². The molecule has 18 heavy (non-hydrogen) atoms. The van der Waals surface area contributed by atoms with Crippen molar-refractivity contribution >= 4 is 23.5 Å². The molecule has 0 spiro atoms. The molecule has 0 aromatic carbocycles. The van der Waals surface area contributed by atoms with Gasteiger partial charge in [0.05, 0.1) is 6.61 Å². The molecule has 0 bridgehead atoms. The van der Waals surface area contributed by atoms with E-state index >= 15 is 0 Å². The predicted molar refractivity (Wildman–Crippen MR) is 75.5 cm³/mol. The summed E-state index contributed by atoms with van der Waals surface area (Å²) in [7, 11) is 0. The molecule has 0 saturated carbocycles. The number of hydrogen-bond acceptors (Lipinski definition) is 4. The largest absolute Gasteiger partial charge is 0.396 e. The van der Waals surface area contributed by atoms with Gasteiger partial charge in [-0.2, -0.15) is 11.8 Å². The molecule has 4 nitrogen and oxygen atoms in total. The van der Waals surface area contributed by atoms with Crippen LogP contribution in [0.5, 0.6) is 0 Å². The first-order valence-corrected chi connectivity index (χ1v) is 6.96. The van der Waals surface area contributed by atoms with Crippen LogP contribution in [0.25, 0.3) is 0 Å². The van der Waals surface area contributed by atoms with Crippen molar-refractivity contribution in [3.8, 4) is 0 Å². The average molecular weight is 266 g/mol. The van der Waals surface area contributed by atoms with Crippen LogP contribution < -0.4 is 5.32 Å². The molecular formula is C13H18N2O2S. The number of nitrogens with zero attached hydrogens (tertiary/aromatic N) is 1. The van der Waals surface area contributed by atoms with E-state index in [4.69, 9.17) is 5.11 Å². The fourth-order valence-electron chi connectivity index (χ4n) is 1.33. The van der Waals surface area contributed by atoms with Gasteiger partial charge in [-0.25, -0.2) is 4.98 Å². The van der Waals surface area contributed by atoms with Crippen molar-refractivity contribution in [2.45, 2.75) is 18.6 Å². The zero-order valence-corrected chi connectivity index (χ0v) is 11.1. The number of aliphatic hydroxyl groups excluding tert-OH is 1. The molecule has 98 valence electrons. The Hall–Kier alpha value is -1.33. The quantitative estimate of drug-likeness (QED) is 0.559. The van der Waals surface area contributed by atoms with Gasteiger partial charge in [-0.1, -0.05) is 6.08 Å². The molecule has 0 atom stereocenters. The zero-order valence-electron chi connectivity index (χ0n) is 10.3. The van der Waals surface area contributed by atoms with Crippen LogP contribution in [0.2, 0.25) is 0 Å². The van der Waals surface area contributed by atoms with E-state index in [2.05, 4.69) is 16.9 Å². The number of aliphatic hydroxyl groups is 1. The Bertz CT molecular complexity index is 396. The molecule has 1 amide bonds. The summed E-state index contributed by atoms with van der Waals surface area (Å²) < 4.78 is 0. The van der Waals surface area contributed by atoms with Gasteiger partial charge in [-0.05, 0) is 24.1 Å². The lowest BCUT2D eigenvalue weighted by atomic mass is 10.2. The summed E-state index contributed by atoms with van der Waals surface area (Å²) >= 11 is 1.64. The number of pyridine rings is 1. The molecule has 1 aromatic rings. The fourth-order valence-corrected chi connectivity index (χ4v) is 2.01. The predicted octanol–water partition coefficient (Wildman–Crippen LogP) is 2.21. The molecule has 1 heterocycles. The van der Waals surface area contributed by atoms with Gasteiger partial charge < -0.3 is 10.4 Å². The van der Waals surface area contributed by atoms with Crippen molar-refractivity contribution in [1.29, 1.82) is 0 Å². The lowest BCUT2D eigenvalue weighted by Gasteiger charge is -2.05. The van der Waals surface area contributed by atoms with Crippen molar-refractivity contribution in [3.05, 3.63) is 36.5 Å². The number of carbonyl (C=O) groups is 1. The topological polar surface area (TPSA) is 62.2 Å². The number of allylic oxidation sites excluding steroid dienone is 1. The zero-order chi connectivity index (χ0) is 13.2. The Morgan fingerprint density at radius 1 is 1.61 bits per heavy atom. The van der Waals surface area contributed by atoms with Crippen LogP contribution in [0.1, 0.15) is 18.4 Å². The monoisotopic (exact) mass is 266 g/mol. The van der Waals surface area contributed by atoms with Crippen LogP contribution in [-0.4, -0.2) is 28.4 Å². The first kappa shape index (κ1) is 14.7. The Kier molecular flexibility index (Phi) is 7.13. The SMILES string of the molecule is C=CCCC(=O)Nc1cc(CSCCO)ccn1. The minimum absolute atomic E-state index is 0.0532. The second-order valence-corrected chi connectivity index (χ2v) is 4.81. The number of amides is 1. The number of aromatic nitrogens is 1. The summed E-state index contributed by atoms with van der Waals surface area (Å²) in [5, 5.41) is 11.5. The molecule has 0 saturated heterocycles. The second kappa shape index (κ2) is 8.72. The van der Waals surface area contributed by atoms with Crippen LogP contribution >= 0.6 is 11.8 Å². The third kappa shape index (κ3) is 5.84. The molecule has 0 fully saturated rings. The maximum atomic E-state index is 11.5. The first-order valence-electron chi connectivity index (χ1n) is 5.80. The molecule has 5 heteroatoms. The molecule has 0 aliphatic rings. The number of thioether (sulfide) groups is 1. The number of carbonyl (C=O) groups excluding carboxylic acids is 1. The molecule has 2 N–H and O–H groups in total. The molecule has 0 aliphatic heterocycles. The van der Waals surface area contributed by atoms with E-state index in [0.717, 1.165) is 11.3 Å². The van der Waals surface area contributed by atoms with Gasteiger partial charge in [0.25, 0.3) is 0 Å². The highest BCUT2D eigenvalue weighted by Gasteiger charge is 2.03. The maximum Gasteiger partial charge on any atom is 0.225 e. The van der Waals surface area contributed by atoms with Crippen LogP contribution in [0, 0.1) is 0 Å². The van der Waals surface area contributed by atoms with Crippen molar-refractivity contribution in [1.82, 2.24) is 4.98 Å². The minimum atomic E-state index is -0.0532. The van der Waals surface area contributed by atoms with E-state index in [1.54, 1.807) is 24.0 Å². The van der Waals surface area contributed by atoms with E-state index < -0.39 is 0 Å². The van der Waals surface area contributed by atoms with E-state index in [1.165, 1.54) is 0 Å². The minimum Gasteiger partial charge on any atom is -0.396 e. The Morgan fingerprint density at radius 3 is 3.17 bits per heavy atom.